The van der Waals surface area contributed by atoms with Crippen molar-refractivity contribution in [3.63, 3.8) is 0 Å². The molecule has 110 valence electrons. The third kappa shape index (κ3) is 3.09. The van der Waals surface area contributed by atoms with Gasteiger partial charge in [-0.1, -0.05) is 6.92 Å². The molecule has 0 bridgehead atoms. The summed E-state index contributed by atoms with van der Waals surface area (Å²) in [6, 6.07) is 0. The van der Waals surface area contributed by atoms with E-state index in [2.05, 4.69) is 22.0 Å². The summed E-state index contributed by atoms with van der Waals surface area (Å²) in [4.78, 5) is 17.2. The zero-order valence-electron chi connectivity index (χ0n) is 12.3. The Bertz CT molecular complexity index is 305. The van der Waals surface area contributed by atoms with E-state index in [1.54, 1.807) is 0 Å². The number of piperazine rings is 1. The molecular formula is C14H27N3O2. The van der Waals surface area contributed by atoms with E-state index in [1.807, 2.05) is 0 Å². The van der Waals surface area contributed by atoms with Gasteiger partial charge in [-0.2, -0.15) is 0 Å². The first-order chi connectivity index (χ1) is 9.23. The monoisotopic (exact) mass is 269 g/mol. The lowest BCUT2D eigenvalue weighted by Gasteiger charge is -2.43. The Balaban J connectivity index is 2.16. The fourth-order valence-electron chi connectivity index (χ4n) is 3.42. The Kier molecular flexibility index (Phi) is 5.19. The van der Waals surface area contributed by atoms with Gasteiger partial charge in [0.1, 0.15) is 5.54 Å². The van der Waals surface area contributed by atoms with Crippen molar-refractivity contribution in [1.82, 2.24) is 15.1 Å². The number of rotatable bonds is 3. The second kappa shape index (κ2) is 6.68. The largest absolute Gasteiger partial charge is 0.468 e. The highest BCUT2D eigenvalue weighted by atomic mass is 16.5. The first-order valence-corrected chi connectivity index (χ1v) is 7.49. The molecule has 2 rings (SSSR count). The molecule has 0 amide bonds. The molecule has 2 aliphatic heterocycles. The van der Waals surface area contributed by atoms with Crippen LogP contribution in [0.5, 0.6) is 0 Å². The molecule has 5 nitrogen and oxygen atoms in total. The van der Waals surface area contributed by atoms with Crippen LogP contribution in [0.3, 0.4) is 0 Å². The van der Waals surface area contributed by atoms with Crippen LogP contribution in [0, 0.1) is 0 Å². The third-order valence-corrected chi connectivity index (χ3v) is 4.64. The lowest BCUT2D eigenvalue weighted by atomic mass is 9.87. The van der Waals surface area contributed by atoms with Gasteiger partial charge in [0.25, 0.3) is 0 Å². The standard InChI is InChI=1S/C14H27N3O2/c1-3-16-9-4-5-14(6-10-16,13(18)19-2)17-11-7-15-8-12-17/h15H,3-12H2,1-2H3. The van der Waals surface area contributed by atoms with Crippen LogP contribution in [-0.4, -0.2) is 74.2 Å². The number of hydrogen-bond acceptors (Lipinski definition) is 5. The number of ether oxygens (including phenoxy) is 1. The molecule has 0 spiro atoms. The second-order valence-electron chi connectivity index (χ2n) is 5.55. The van der Waals surface area contributed by atoms with Crippen molar-refractivity contribution >= 4 is 5.97 Å². The van der Waals surface area contributed by atoms with E-state index in [-0.39, 0.29) is 11.5 Å². The summed E-state index contributed by atoms with van der Waals surface area (Å²) in [5, 5.41) is 3.36. The fourth-order valence-corrected chi connectivity index (χ4v) is 3.42. The lowest BCUT2D eigenvalue weighted by Crippen LogP contribution is -2.60. The molecular weight excluding hydrogens is 242 g/mol. The van der Waals surface area contributed by atoms with Gasteiger partial charge in [-0.05, 0) is 32.4 Å². The molecule has 0 aromatic rings. The minimum absolute atomic E-state index is 0.0349. The second-order valence-corrected chi connectivity index (χ2v) is 5.55. The topological polar surface area (TPSA) is 44.8 Å². The predicted octanol–water partition coefficient (Wildman–Crippen LogP) is 0.309. The van der Waals surface area contributed by atoms with Crippen LogP contribution in [0.1, 0.15) is 26.2 Å². The highest BCUT2D eigenvalue weighted by molar-refractivity contribution is 5.81. The van der Waals surface area contributed by atoms with Crippen molar-refractivity contribution in [2.45, 2.75) is 31.7 Å². The predicted molar refractivity (Wildman–Crippen MR) is 75.2 cm³/mol. The number of hydrogen-bond donors (Lipinski definition) is 1. The van der Waals surface area contributed by atoms with Crippen molar-refractivity contribution < 1.29 is 9.53 Å². The van der Waals surface area contributed by atoms with Crippen molar-refractivity contribution in [3.05, 3.63) is 0 Å². The average Bonchev–Trinajstić information content (AvgIpc) is 2.70. The molecule has 2 saturated heterocycles. The summed E-state index contributed by atoms with van der Waals surface area (Å²) >= 11 is 0. The van der Waals surface area contributed by atoms with Gasteiger partial charge in [-0.25, -0.2) is 0 Å². The minimum atomic E-state index is -0.388. The summed E-state index contributed by atoms with van der Waals surface area (Å²) in [7, 11) is 1.52. The maximum Gasteiger partial charge on any atom is 0.326 e. The van der Waals surface area contributed by atoms with E-state index >= 15 is 0 Å². The molecule has 1 N–H and O–H groups in total. The molecule has 1 unspecified atom stereocenters. The van der Waals surface area contributed by atoms with E-state index in [1.165, 1.54) is 7.11 Å². The molecule has 0 aromatic heterocycles. The summed E-state index contributed by atoms with van der Waals surface area (Å²) < 4.78 is 5.15. The van der Waals surface area contributed by atoms with Crippen molar-refractivity contribution in [1.29, 1.82) is 0 Å². The molecule has 1 atom stereocenters. The van der Waals surface area contributed by atoms with Gasteiger partial charge in [0.2, 0.25) is 0 Å². The maximum absolute atomic E-state index is 12.4. The highest BCUT2D eigenvalue weighted by Crippen LogP contribution is 2.30. The van der Waals surface area contributed by atoms with Gasteiger partial charge in [0.15, 0.2) is 0 Å². The van der Waals surface area contributed by atoms with Crippen molar-refractivity contribution in [2.75, 3.05) is 52.9 Å². The number of esters is 1. The zero-order chi connectivity index (χ0) is 13.7. The van der Waals surface area contributed by atoms with E-state index in [9.17, 15) is 4.79 Å². The van der Waals surface area contributed by atoms with E-state index in [0.717, 1.165) is 65.1 Å². The number of methoxy groups -OCH3 is 1. The van der Waals surface area contributed by atoms with Crippen LogP contribution < -0.4 is 5.32 Å². The van der Waals surface area contributed by atoms with Crippen LogP contribution >= 0.6 is 0 Å². The van der Waals surface area contributed by atoms with Crippen molar-refractivity contribution in [2.24, 2.45) is 0 Å². The van der Waals surface area contributed by atoms with Crippen LogP contribution in [0.4, 0.5) is 0 Å². The molecule has 5 heteroatoms. The number of nitrogens with one attached hydrogen (secondary N) is 1. The van der Waals surface area contributed by atoms with Crippen molar-refractivity contribution in [3.8, 4) is 0 Å². The van der Waals surface area contributed by atoms with E-state index in [0.29, 0.717) is 0 Å². The number of likely N-dealkylation sites (tertiary alicyclic amines) is 1. The van der Waals surface area contributed by atoms with Crippen LogP contribution in [0.2, 0.25) is 0 Å². The van der Waals surface area contributed by atoms with Gasteiger partial charge in [0, 0.05) is 32.7 Å². The summed E-state index contributed by atoms with van der Waals surface area (Å²) in [5.74, 6) is -0.0349. The normalized spacial score (nSPS) is 30.8. The molecule has 2 aliphatic rings. The average molecular weight is 269 g/mol. The molecule has 0 saturated carbocycles. The molecule has 0 radical (unpaired) electrons. The summed E-state index contributed by atoms with van der Waals surface area (Å²) in [6.07, 6.45) is 2.90. The Morgan fingerprint density at radius 2 is 1.95 bits per heavy atom. The van der Waals surface area contributed by atoms with Gasteiger partial charge < -0.3 is 15.0 Å². The zero-order valence-corrected chi connectivity index (χ0v) is 12.3. The molecule has 0 aromatic carbocycles. The number of carbonyl (C=O) groups is 1. The summed E-state index contributed by atoms with van der Waals surface area (Å²) in [5.41, 5.74) is -0.388. The van der Waals surface area contributed by atoms with E-state index < -0.39 is 0 Å². The molecule has 2 heterocycles. The highest BCUT2D eigenvalue weighted by Gasteiger charge is 2.45. The molecule has 0 aliphatic carbocycles. The van der Waals surface area contributed by atoms with Crippen LogP contribution in [0.25, 0.3) is 0 Å². The SMILES string of the molecule is CCN1CCCC(C(=O)OC)(N2CCNCC2)CC1. The molecule has 19 heavy (non-hydrogen) atoms. The Labute approximate surface area is 116 Å². The van der Waals surface area contributed by atoms with Gasteiger partial charge >= 0.3 is 5.97 Å². The van der Waals surface area contributed by atoms with E-state index in [4.69, 9.17) is 4.74 Å². The fraction of sp³-hybridized carbons (Fsp3) is 0.929. The quantitative estimate of drug-likeness (QED) is 0.747. The minimum Gasteiger partial charge on any atom is -0.468 e. The first kappa shape index (κ1) is 14.8. The molecule has 2 fully saturated rings. The first-order valence-electron chi connectivity index (χ1n) is 7.49. The van der Waals surface area contributed by atoms with Crippen LogP contribution in [0.15, 0.2) is 0 Å². The Hall–Kier alpha value is -0.650. The maximum atomic E-state index is 12.4. The van der Waals surface area contributed by atoms with Crippen LogP contribution in [-0.2, 0) is 9.53 Å². The van der Waals surface area contributed by atoms with Gasteiger partial charge in [0.05, 0.1) is 7.11 Å². The Morgan fingerprint density at radius 3 is 2.58 bits per heavy atom. The number of nitrogens with zero attached hydrogens (tertiary/aromatic N) is 2. The summed E-state index contributed by atoms with van der Waals surface area (Å²) in [6.45, 7) is 9.18. The smallest absolute Gasteiger partial charge is 0.326 e. The third-order valence-electron chi connectivity index (χ3n) is 4.64. The number of carbonyl (C=O) groups excluding carboxylic acids is 1. The van der Waals surface area contributed by atoms with Gasteiger partial charge in [-0.3, -0.25) is 9.69 Å². The lowest BCUT2D eigenvalue weighted by molar-refractivity contribution is -0.157. The Morgan fingerprint density at radius 1 is 1.21 bits per heavy atom. The van der Waals surface area contributed by atoms with Gasteiger partial charge in [-0.15, -0.1) is 0 Å².